The minimum atomic E-state index is -4.32. The van der Waals surface area contributed by atoms with Crippen LogP contribution in [-0.4, -0.2) is 0 Å². The average molecular weight is 209 g/mol. The monoisotopic (exact) mass is 208 g/mol. The maximum atomic E-state index is 12.3. The van der Waals surface area contributed by atoms with Crippen LogP contribution in [0.4, 0.5) is 13.2 Å². The van der Waals surface area contributed by atoms with Crippen LogP contribution in [0.25, 0.3) is 0 Å². The van der Waals surface area contributed by atoms with Crippen LogP contribution in [0.2, 0.25) is 5.02 Å². The van der Waals surface area contributed by atoms with Crippen molar-refractivity contribution in [2.45, 2.75) is 20.0 Å². The maximum absolute atomic E-state index is 12.3. The second-order valence-electron chi connectivity index (χ2n) is 2.91. The fourth-order valence-corrected chi connectivity index (χ4v) is 1.29. The quantitative estimate of drug-likeness (QED) is 0.605. The highest BCUT2D eigenvalue weighted by molar-refractivity contribution is 6.31. The number of hydrogen-bond donors (Lipinski definition) is 0. The van der Waals surface area contributed by atoms with Gasteiger partial charge < -0.3 is 0 Å². The molecule has 0 atom stereocenters. The van der Waals surface area contributed by atoms with E-state index < -0.39 is 11.7 Å². The van der Waals surface area contributed by atoms with Gasteiger partial charge in [0.05, 0.1) is 5.56 Å². The van der Waals surface area contributed by atoms with Gasteiger partial charge in [0.1, 0.15) is 0 Å². The normalized spacial score (nSPS) is 11.8. The van der Waals surface area contributed by atoms with Crippen molar-refractivity contribution in [3.63, 3.8) is 0 Å². The lowest BCUT2D eigenvalue weighted by Crippen LogP contribution is -2.07. The fourth-order valence-electron chi connectivity index (χ4n) is 1.13. The topological polar surface area (TPSA) is 0 Å². The zero-order chi connectivity index (χ0) is 10.2. The van der Waals surface area contributed by atoms with Crippen molar-refractivity contribution >= 4 is 11.6 Å². The molecule has 1 aromatic rings. The van der Waals surface area contributed by atoms with E-state index >= 15 is 0 Å². The molecule has 0 radical (unpaired) electrons. The van der Waals surface area contributed by atoms with E-state index in [2.05, 4.69) is 0 Å². The summed E-state index contributed by atoms with van der Waals surface area (Å²) in [5.41, 5.74) is 0.199. The Morgan fingerprint density at radius 3 is 2.08 bits per heavy atom. The summed E-state index contributed by atoms with van der Waals surface area (Å²) < 4.78 is 36.9. The highest BCUT2D eigenvalue weighted by Gasteiger charge is 2.32. The van der Waals surface area contributed by atoms with Gasteiger partial charge in [-0.2, -0.15) is 13.2 Å². The van der Waals surface area contributed by atoms with Crippen molar-refractivity contribution in [2.24, 2.45) is 0 Å². The average Bonchev–Trinajstić information content (AvgIpc) is 1.94. The molecule has 13 heavy (non-hydrogen) atoms. The van der Waals surface area contributed by atoms with E-state index in [1.165, 1.54) is 13.0 Å². The number of alkyl halides is 3. The van der Waals surface area contributed by atoms with Crippen molar-refractivity contribution in [1.29, 1.82) is 0 Å². The third kappa shape index (κ3) is 2.15. The molecule has 0 saturated carbocycles. The number of halogens is 4. The molecular weight excluding hydrogens is 201 g/mol. The second-order valence-corrected chi connectivity index (χ2v) is 3.32. The van der Waals surface area contributed by atoms with Crippen molar-refractivity contribution in [2.75, 3.05) is 0 Å². The van der Waals surface area contributed by atoms with Gasteiger partial charge in [0.15, 0.2) is 0 Å². The Hall–Kier alpha value is -0.700. The summed E-state index contributed by atoms with van der Waals surface area (Å²) in [5, 5.41) is 0.151. The number of benzene rings is 1. The summed E-state index contributed by atoms with van der Waals surface area (Å²) in [5.74, 6) is 0. The van der Waals surface area contributed by atoms with Crippen LogP contribution in [0, 0.1) is 13.8 Å². The first kappa shape index (κ1) is 10.4. The van der Waals surface area contributed by atoms with Gasteiger partial charge in [0, 0.05) is 5.02 Å². The van der Waals surface area contributed by atoms with Gasteiger partial charge in [0.2, 0.25) is 0 Å². The molecule has 0 aliphatic carbocycles. The summed E-state index contributed by atoms with van der Waals surface area (Å²) in [4.78, 5) is 0. The van der Waals surface area contributed by atoms with Gasteiger partial charge in [0.25, 0.3) is 0 Å². The Morgan fingerprint density at radius 1 is 1.08 bits per heavy atom. The molecule has 0 unspecified atom stereocenters. The molecule has 0 spiro atoms. The molecule has 72 valence electrons. The Bertz CT molecular complexity index is 328. The zero-order valence-corrected chi connectivity index (χ0v) is 7.92. The second kappa shape index (κ2) is 3.22. The Morgan fingerprint density at radius 2 is 1.62 bits per heavy atom. The molecule has 4 heteroatoms. The van der Waals surface area contributed by atoms with Crippen LogP contribution >= 0.6 is 11.6 Å². The summed E-state index contributed by atoms with van der Waals surface area (Å²) in [7, 11) is 0. The lowest BCUT2D eigenvalue weighted by Gasteiger charge is -2.11. The van der Waals surface area contributed by atoms with Gasteiger partial charge in [-0.1, -0.05) is 17.7 Å². The predicted molar refractivity (Wildman–Crippen MR) is 45.9 cm³/mol. The van der Waals surface area contributed by atoms with Crippen molar-refractivity contribution in [3.8, 4) is 0 Å². The molecule has 0 aromatic heterocycles. The smallest absolute Gasteiger partial charge is 0.166 e. The highest BCUT2D eigenvalue weighted by Crippen LogP contribution is 2.34. The standard InChI is InChI=1S/C9H8ClF3/c1-5-3-6(2)8(10)4-7(5)9(11,12)13/h3-4H,1-2H3. The molecule has 0 heterocycles. The molecule has 1 rings (SSSR count). The van der Waals surface area contributed by atoms with E-state index in [4.69, 9.17) is 11.6 Å². The first-order chi connectivity index (χ1) is 5.82. The first-order valence-corrected chi connectivity index (χ1v) is 4.04. The SMILES string of the molecule is Cc1cc(C)c(C(F)(F)F)cc1Cl. The molecular formula is C9H8ClF3. The van der Waals surface area contributed by atoms with Gasteiger partial charge in [-0.15, -0.1) is 0 Å². The van der Waals surface area contributed by atoms with Crippen LogP contribution < -0.4 is 0 Å². The van der Waals surface area contributed by atoms with Crippen molar-refractivity contribution < 1.29 is 13.2 Å². The van der Waals surface area contributed by atoms with E-state index in [0.29, 0.717) is 5.56 Å². The zero-order valence-electron chi connectivity index (χ0n) is 7.17. The highest BCUT2D eigenvalue weighted by atomic mass is 35.5. The fraction of sp³-hybridized carbons (Fsp3) is 0.333. The molecule has 1 aromatic carbocycles. The number of hydrogen-bond acceptors (Lipinski definition) is 0. The van der Waals surface area contributed by atoms with Crippen LogP contribution in [-0.2, 0) is 6.18 Å². The number of rotatable bonds is 0. The Kier molecular flexibility index (Phi) is 2.57. The largest absolute Gasteiger partial charge is 0.416 e. The molecule has 0 aliphatic rings. The van der Waals surface area contributed by atoms with Crippen molar-refractivity contribution in [1.82, 2.24) is 0 Å². The van der Waals surface area contributed by atoms with Crippen LogP contribution in [0.1, 0.15) is 16.7 Å². The van der Waals surface area contributed by atoms with E-state index in [0.717, 1.165) is 6.07 Å². The molecule has 0 saturated heterocycles. The first-order valence-electron chi connectivity index (χ1n) is 3.66. The summed E-state index contributed by atoms with van der Waals surface area (Å²) in [6.45, 7) is 3.10. The van der Waals surface area contributed by atoms with Gasteiger partial charge in [-0.3, -0.25) is 0 Å². The molecule has 0 amide bonds. The van der Waals surface area contributed by atoms with Gasteiger partial charge >= 0.3 is 6.18 Å². The minimum absolute atomic E-state index is 0.151. The van der Waals surface area contributed by atoms with Crippen LogP contribution in [0.15, 0.2) is 12.1 Å². The summed E-state index contributed by atoms with van der Waals surface area (Å²) in [6.07, 6.45) is -4.32. The number of aryl methyl sites for hydroxylation is 2. The molecule has 0 nitrogen and oxygen atoms in total. The van der Waals surface area contributed by atoms with E-state index in [1.54, 1.807) is 6.92 Å². The minimum Gasteiger partial charge on any atom is -0.166 e. The Balaban J connectivity index is 3.32. The lowest BCUT2D eigenvalue weighted by atomic mass is 10.1. The predicted octanol–water partition coefficient (Wildman–Crippen LogP) is 3.98. The summed E-state index contributed by atoms with van der Waals surface area (Å²) in [6, 6.07) is 2.40. The van der Waals surface area contributed by atoms with E-state index in [1.807, 2.05) is 0 Å². The molecule has 0 bridgehead atoms. The van der Waals surface area contributed by atoms with E-state index in [9.17, 15) is 13.2 Å². The van der Waals surface area contributed by atoms with Crippen LogP contribution in [0.5, 0.6) is 0 Å². The molecule has 0 N–H and O–H groups in total. The molecule has 0 fully saturated rings. The van der Waals surface area contributed by atoms with E-state index in [-0.39, 0.29) is 10.6 Å². The third-order valence-electron chi connectivity index (χ3n) is 1.81. The third-order valence-corrected chi connectivity index (χ3v) is 2.22. The molecule has 0 aliphatic heterocycles. The summed E-state index contributed by atoms with van der Waals surface area (Å²) >= 11 is 5.59. The van der Waals surface area contributed by atoms with Gasteiger partial charge in [-0.05, 0) is 31.0 Å². The Labute approximate surface area is 79.3 Å². The van der Waals surface area contributed by atoms with Crippen LogP contribution in [0.3, 0.4) is 0 Å². The maximum Gasteiger partial charge on any atom is 0.416 e. The van der Waals surface area contributed by atoms with Gasteiger partial charge in [-0.25, -0.2) is 0 Å². The lowest BCUT2D eigenvalue weighted by molar-refractivity contribution is -0.138. The van der Waals surface area contributed by atoms with Crippen molar-refractivity contribution in [3.05, 3.63) is 33.8 Å².